The van der Waals surface area contributed by atoms with Gasteiger partial charge in [-0.1, -0.05) is 12.1 Å². The number of hydrogen-bond donors (Lipinski definition) is 2. The second-order valence-corrected chi connectivity index (χ2v) is 5.64. The van der Waals surface area contributed by atoms with Crippen LogP contribution in [0, 0.1) is 6.92 Å². The van der Waals surface area contributed by atoms with Crippen molar-refractivity contribution in [1.82, 2.24) is 5.32 Å². The first-order valence-electron chi connectivity index (χ1n) is 7.39. The fourth-order valence-electron chi connectivity index (χ4n) is 3.07. The zero-order valence-corrected chi connectivity index (χ0v) is 13.1. The van der Waals surface area contributed by atoms with Crippen LogP contribution in [0.2, 0.25) is 0 Å². The van der Waals surface area contributed by atoms with Gasteiger partial charge in [0.1, 0.15) is 5.75 Å². The van der Waals surface area contributed by atoms with E-state index in [9.17, 15) is 5.11 Å². The van der Waals surface area contributed by atoms with Crippen LogP contribution in [0.15, 0.2) is 30.3 Å². The molecule has 1 heterocycles. The molecule has 4 heteroatoms. The Kier molecular flexibility index (Phi) is 3.94. The summed E-state index contributed by atoms with van der Waals surface area (Å²) in [6.45, 7) is 3.61. The third-order valence-electron chi connectivity index (χ3n) is 4.31. The molecule has 1 atom stereocenters. The molecular formula is C18H21NO3. The third kappa shape index (κ3) is 2.50. The van der Waals surface area contributed by atoms with Crippen LogP contribution in [-0.2, 0) is 6.54 Å². The summed E-state index contributed by atoms with van der Waals surface area (Å²) in [5, 5.41) is 13.2. The Hall–Kier alpha value is -2.20. The lowest BCUT2D eigenvalue weighted by atomic mass is 9.84. The molecular weight excluding hydrogens is 278 g/mol. The topological polar surface area (TPSA) is 50.7 Å². The van der Waals surface area contributed by atoms with E-state index in [-0.39, 0.29) is 5.92 Å². The van der Waals surface area contributed by atoms with Crippen LogP contribution in [0.5, 0.6) is 17.2 Å². The molecule has 3 rings (SSSR count). The van der Waals surface area contributed by atoms with E-state index in [1.807, 2.05) is 25.1 Å². The molecule has 22 heavy (non-hydrogen) atoms. The van der Waals surface area contributed by atoms with Crippen molar-refractivity contribution in [2.45, 2.75) is 19.4 Å². The van der Waals surface area contributed by atoms with E-state index >= 15 is 0 Å². The Balaban J connectivity index is 2.08. The minimum atomic E-state index is 0.239. The van der Waals surface area contributed by atoms with Crippen molar-refractivity contribution in [2.24, 2.45) is 0 Å². The summed E-state index contributed by atoms with van der Waals surface area (Å²) >= 11 is 0. The van der Waals surface area contributed by atoms with Gasteiger partial charge >= 0.3 is 0 Å². The second-order valence-electron chi connectivity index (χ2n) is 5.64. The van der Waals surface area contributed by atoms with Gasteiger partial charge in [0.2, 0.25) is 0 Å². The fourth-order valence-corrected chi connectivity index (χ4v) is 3.07. The van der Waals surface area contributed by atoms with Crippen molar-refractivity contribution in [3.05, 3.63) is 52.6 Å². The van der Waals surface area contributed by atoms with Gasteiger partial charge in [0.25, 0.3) is 0 Å². The summed E-state index contributed by atoms with van der Waals surface area (Å²) in [5.41, 5.74) is 4.56. The fraction of sp³-hybridized carbons (Fsp3) is 0.333. The molecule has 0 aliphatic carbocycles. The van der Waals surface area contributed by atoms with Crippen LogP contribution in [0.3, 0.4) is 0 Å². The maximum Gasteiger partial charge on any atom is 0.161 e. The van der Waals surface area contributed by atoms with Crippen molar-refractivity contribution in [2.75, 3.05) is 20.8 Å². The number of phenols is 1. The lowest BCUT2D eigenvalue weighted by molar-refractivity contribution is 0.353. The minimum Gasteiger partial charge on any atom is -0.508 e. The average Bonchev–Trinajstić information content (AvgIpc) is 2.55. The summed E-state index contributed by atoms with van der Waals surface area (Å²) in [4.78, 5) is 0. The molecule has 0 fully saturated rings. The lowest BCUT2D eigenvalue weighted by Crippen LogP contribution is -2.29. The Labute approximate surface area is 130 Å². The molecule has 1 aliphatic rings. The third-order valence-corrected chi connectivity index (χ3v) is 4.31. The number of nitrogens with one attached hydrogen (secondary N) is 1. The van der Waals surface area contributed by atoms with Crippen LogP contribution in [0.4, 0.5) is 0 Å². The number of aryl methyl sites for hydroxylation is 1. The zero-order valence-electron chi connectivity index (χ0n) is 13.1. The van der Waals surface area contributed by atoms with Gasteiger partial charge in [-0.25, -0.2) is 0 Å². The number of benzene rings is 2. The monoisotopic (exact) mass is 299 g/mol. The highest BCUT2D eigenvalue weighted by atomic mass is 16.5. The summed E-state index contributed by atoms with van der Waals surface area (Å²) < 4.78 is 10.8. The summed E-state index contributed by atoms with van der Waals surface area (Å²) in [7, 11) is 3.31. The molecule has 0 aromatic heterocycles. The number of fused-ring (bicyclic) bond motifs is 1. The molecule has 0 spiro atoms. The standard InChI is InChI=1S/C18H21NO3/c1-11-6-12(4-5-16(11)20)15-10-19-9-13-7-17(21-2)18(22-3)8-14(13)15/h4-8,15,19-20H,9-10H2,1-3H3/t15-/m0/s1. The predicted molar refractivity (Wildman–Crippen MR) is 85.9 cm³/mol. The highest BCUT2D eigenvalue weighted by molar-refractivity contribution is 5.52. The molecule has 0 amide bonds. The van der Waals surface area contributed by atoms with E-state index in [1.165, 1.54) is 16.7 Å². The second kappa shape index (κ2) is 5.89. The zero-order chi connectivity index (χ0) is 15.7. The molecule has 4 nitrogen and oxygen atoms in total. The molecule has 0 radical (unpaired) electrons. The normalized spacial score (nSPS) is 17.0. The van der Waals surface area contributed by atoms with Crippen molar-refractivity contribution < 1.29 is 14.6 Å². The molecule has 0 saturated heterocycles. The molecule has 0 bridgehead atoms. The Bertz CT molecular complexity index is 697. The smallest absolute Gasteiger partial charge is 0.161 e. The van der Waals surface area contributed by atoms with Crippen molar-refractivity contribution in [1.29, 1.82) is 0 Å². The Morgan fingerprint density at radius 3 is 2.50 bits per heavy atom. The van der Waals surface area contributed by atoms with Crippen LogP contribution in [-0.4, -0.2) is 25.9 Å². The van der Waals surface area contributed by atoms with E-state index < -0.39 is 0 Å². The van der Waals surface area contributed by atoms with Crippen LogP contribution >= 0.6 is 0 Å². The Morgan fingerprint density at radius 2 is 1.82 bits per heavy atom. The largest absolute Gasteiger partial charge is 0.508 e. The molecule has 2 aromatic rings. The first kappa shape index (κ1) is 14.7. The van der Waals surface area contributed by atoms with Crippen molar-refractivity contribution >= 4 is 0 Å². The van der Waals surface area contributed by atoms with Gasteiger partial charge in [0.15, 0.2) is 11.5 Å². The van der Waals surface area contributed by atoms with Crippen molar-refractivity contribution in [3.63, 3.8) is 0 Å². The van der Waals surface area contributed by atoms with Gasteiger partial charge in [-0.3, -0.25) is 0 Å². The van der Waals surface area contributed by atoms with E-state index in [0.717, 1.165) is 30.2 Å². The SMILES string of the molecule is COc1cc2c(cc1OC)[C@H](c1ccc(O)c(C)c1)CNC2. The van der Waals surface area contributed by atoms with Gasteiger partial charge in [-0.2, -0.15) is 0 Å². The number of methoxy groups -OCH3 is 2. The van der Waals surface area contributed by atoms with E-state index in [2.05, 4.69) is 11.4 Å². The summed E-state index contributed by atoms with van der Waals surface area (Å²) in [6.07, 6.45) is 0. The molecule has 1 aliphatic heterocycles. The van der Waals surface area contributed by atoms with Crippen LogP contribution in [0.1, 0.15) is 28.2 Å². The summed E-state index contributed by atoms with van der Waals surface area (Å²) in [5.74, 6) is 2.08. The first-order valence-corrected chi connectivity index (χ1v) is 7.39. The number of ether oxygens (including phenoxy) is 2. The highest BCUT2D eigenvalue weighted by Crippen LogP contribution is 2.38. The Morgan fingerprint density at radius 1 is 1.09 bits per heavy atom. The number of aromatic hydroxyl groups is 1. The van der Waals surface area contributed by atoms with E-state index in [4.69, 9.17) is 9.47 Å². The highest BCUT2D eigenvalue weighted by Gasteiger charge is 2.24. The molecule has 0 saturated carbocycles. The van der Waals surface area contributed by atoms with Gasteiger partial charge in [0.05, 0.1) is 14.2 Å². The van der Waals surface area contributed by atoms with Crippen LogP contribution in [0.25, 0.3) is 0 Å². The van der Waals surface area contributed by atoms with Gasteiger partial charge in [0, 0.05) is 19.0 Å². The number of rotatable bonds is 3. The molecule has 2 N–H and O–H groups in total. The van der Waals surface area contributed by atoms with E-state index in [1.54, 1.807) is 20.3 Å². The summed E-state index contributed by atoms with van der Waals surface area (Å²) in [6, 6.07) is 9.91. The predicted octanol–water partition coefficient (Wildman–Crippen LogP) is 2.95. The maximum atomic E-state index is 9.74. The first-order chi connectivity index (χ1) is 10.6. The number of hydrogen-bond acceptors (Lipinski definition) is 4. The van der Waals surface area contributed by atoms with Crippen LogP contribution < -0.4 is 14.8 Å². The van der Waals surface area contributed by atoms with E-state index in [0.29, 0.717) is 5.75 Å². The quantitative estimate of drug-likeness (QED) is 0.915. The minimum absolute atomic E-state index is 0.239. The molecule has 0 unspecified atom stereocenters. The van der Waals surface area contributed by atoms with Gasteiger partial charge < -0.3 is 19.9 Å². The van der Waals surface area contributed by atoms with Crippen molar-refractivity contribution in [3.8, 4) is 17.2 Å². The van der Waals surface area contributed by atoms with Gasteiger partial charge in [-0.05, 0) is 47.4 Å². The average molecular weight is 299 g/mol. The number of phenolic OH excluding ortho intramolecular Hbond substituents is 1. The molecule has 116 valence electrons. The maximum absolute atomic E-state index is 9.74. The lowest BCUT2D eigenvalue weighted by Gasteiger charge is -2.28. The molecule has 2 aromatic carbocycles. The van der Waals surface area contributed by atoms with Gasteiger partial charge in [-0.15, -0.1) is 0 Å².